The molecule has 1 saturated heterocycles. The highest BCUT2D eigenvalue weighted by molar-refractivity contribution is 8.26. The van der Waals surface area contributed by atoms with E-state index in [9.17, 15) is 14.7 Å². The fourth-order valence-corrected chi connectivity index (χ4v) is 2.82. The molecule has 98 valence electrons. The normalized spacial score (nSPS) is 17.3. The molecule has 2 rings (SSSR count). The predicted molar refractivity (Wildman–Crippen MR) is 73.7 cm³/mol. The van der Waals surface area contributed by atoms with Crippen LogP contribution in [0.1, 0.15) is 12.0 Å². The van der Waals surface area contributed by atoms with Gasteiger partial charge in [-0.3, -0.25) is 14.7 Å². The molecule has 0 saturated carbocycles. The van der Waals surface area contributed by atoms with Gasteiger partial charge in [0.2, 0.25) is 0 Å². The Labute approximate surface area is 119 Å². The molecule has 0 spiro atoms. The van der Waals surface area contributed by atoms with Gasteiger partial charge < -0.3 is 9.90 Å². The highest BCUT2D eigenvalue weighted by atomic mass is 32.2. The molecule has 1 fully saturated rings. The van der Waals surface area contributed by atoms with Gasteiger partial charge >= 0.3 is 0 Å². The van der Waals surface area contributed by atoms with Crippen molar-refractivity contribution in [2.75, 3.05) is 6.54 Å². The number of aromatic nitrogens is 1. The molecule has 19 heavy (non-hydrogen) atoms. The number of carbonyl (C=O) groups excluding carboxylic acids is 2. The minimum Gasteiger partial charge on any atom is -0.550 e. The number of carbonyl (C=O) groups is 2. The number of thiocarbonyl (C=S) groups is 1. The van der Waals surface area contributed by atoms with Gasteiger partial charge in [-0.2, -0.15) is 0 Å². The second-order valence-corrected chi connectivity index (χ2v) is 5.41. The molecule has 0 radical (unpaired) electrons. The smallest absolute Gasteiger partial charge is 0.266 e. The molecular formula is C12H9N2O3S2-. The van der Waals surface area contributed by atoms with Gasteiger partial charge in [0.25, 0.3) is 5.91 Å². The Bertz CT molecular complexity index is 557. The highest BCUT2D eigenvalue weighted by Crippen LogP contribution is 2.32. The first-order valence-corrected chi connectivity index (χ1v) is 6.65. The number of hydrogen-bond donors (Lipinski definition) is 0. The van der Waals surface area contributed by atoms with E-state index in [1.54, 1.807) is 30.6 Å². The summed E-state index contributed by atoms with van der Waals surface area (Å²) in [5, 5.41) is 10.4. The number of thioether (sulfide) groups is 1. The maximum Gasteiger partial charge on any atom is 0.266 e. The minimum atomic E-state index is -1.20. The first kappa shape index (κ1) is 13.7. The Balaban J connectivity index is 2.14. The largest absolute Gasteiger partial charge is 0.550 e. The van der Waals surface area contributed by atoms with Gasteiger partial charge in [-0.05, 0) is 23.8 Å². The van der Waals surface area contributed by atoms with E-state index in [0.29, 0.717) is 9.23 Å². The van der Waals surface area contributed by atoms with Crippen molar-refractivity contribution in [2.24, 2.45) is 0 Å². The molecule has 0 aromatic carbocycles. The van der Waals surface area contributed by atoms with Crippen molar-refractivity contribution in [1.82, 2.24) is 9.88 Å². The molecule has 0 unspecified atom stereocenters. The van der Waals surface area contributed by atoms with Crippen LogP contribution < -0.4 is 5.11 Å². The quantitative estimate of drug-likeness (QED) is 0.592. The van der Waals surface area contributed by atoms with Crippen molar-refractivity contribution < 1.29 is 14.7 Å². The van der Waals surface area contributed by atoms with Crippen LogP contribution >= 0.6 is 24.0 Å². The lowest BCUT2D eigenvalue weighted by Crippen LogP contribution is -2.33. The summed E-state index contributed by atoms with van der Waals surface area (Å²) < 4.78 is 0.367. The summed E-state index contributed by atoms with van der Waals surface area (Å²) >= 11 is 6.23. The number of nitrogens with zero attached hydrogens (tertiary/aromatic N) is 2. The highest BCUT2D eigenvalue weighted by Gasteiger charge is 2.31. The Kier molecular flexibility index (Phi) is 4.28. The average molecular weight is 293 g/mol. The van der Waals surface area contributed by atoms with Gasteiger partial charge in [-0.1, -0.05) is 24.0 Å². The zero-order chi connectivity index (χ0) is 13.8. The number of pyridine rings is 1. The Hall–Kier alpha value is -1.73. The summed E-state index contributed by atoms with van der Waals surface area (Å²) in [5.41, 5.74) is 0.843. The third-order valence-corrected chi connectivity index (χ3v) is 3.79. The summed E-state index contributed by atoms with van der Waals surface area (Å²) in [4.78, 5) is 28.1. The molecule has 2 heterocycles. The maximum atomic E-state index is 12.1. The lowest BCUT2D eigenvalue weighted by molar-refractivity contribution is -0.305. The van der Waals surface area contributed by atoms with Crippen molar-refractivity contribution in [1.29, 1.82) is 0 Å². The molecule has 1 aromatic heterocycles. The van der Waals surface area contributed by atoms with Gasteiger partial charge in [0, 0.05) is 31.3 Å². The fraction of sp³-hybridized carbons (Fsp3) is 0.167. The van der Waals surface area contributed by atoms with Crippen LogP contribution in [0, 0.1) is 0 Å². The van der Waals surface area contributed by atoms with Crippen LogP contribution in [0.4, 0.5) is 0 Å². The molecule has 1 aliphatic rings. The molecule has 1 aliphatic heterocycles. The van der Waals surface area contributed by atoms with Crippen LogP contribution in [0.2, 0.25) is 0 Å². The maximum absolute atomic E-state index is 12.1. The molecule has 0 aliphatic carbocycles. The van der Waals surface area contributed by atoms with Crippen LogP contribution in [-0.4, -0.2) is 32.6 Å². The summed E-state index contributed by atoms with van der Waals surface area (Å²) in [6, 6.07) is 3.54. The number of aliphatic carboxylic acids is 1. The van der Waals surface area contributed by atoms with Gasteiger partial charge in [0.05, 0.1) is 4.91 Å². The third kappa shape index (κ3) is 3.39. The van der Waals surface area contributed by atoms with E-state index in [4.69, 9.17) is 12.2 Å². The third-order valence-electron chi connectivity index (χ3n) is 2.42. The van der Waals surface area contributed by atoms with Gasteiger partial charge in [-0.15, -0.1) is 0 Å². The number of carboxylic acid groups (broad SMARTS) is 1. The van der Waals surface area contributed by atoms with Gasteiger partial charge in [0.15, 0.2) is 0 Å². The van der Waals surface area contributed by atoms with E-state index >= 15 is 0 Å². The summed E-state index contributed by atoms with van der Waals surface area (Å²) in [6.45, 7) is 0.0423. The van der Waals surface area contributed by atoms with E-state index in [0.717, 1.165) is 17.3 Å². The SMILES string of the molecule is O=C([O-])CCN1C(=O)/C(=C\c2ccncc2)SC1=S. The fourth-order valence-electron chi connectivity index (χ4n) is 1.51. The van der Waals surface area contributed by atoms with Gasteiger partial charge in [-0.25, -0.2) is 0 Å². The van der Waals surface area contributed by atoms with Crippen LogP contribution in [0.5, 0.6) is 0 Å². The van der Waals surface area contributed by atoms with Crippen LogP contribution in [0.15, 0.2) is 29.4 Å². The Morgan fingerprint density at radius 1 is 1.47 bits per heavy atom. The first-order chi connectivity index (χ1) is 9.08. The molecule has 0 N–H and O–H groups in total. The van der Waals surface area contributed by atoms with Crippen molar-refractivity contribution >= 4 is 46.3 Å². The van der Waals surface area contributed by atoms with Crippen LogP contribution in [0.3, 0.4) is 0 Å². The van der Waals surface area contributed by atoms with Crippen molar-refractivity contribution in [3.63, 3.8) is 0 Å². The monoisotopic (exact) mass is 293 g/mol. The molecule has 1 aromatic rings. The molecule has 1 amide bonds. The second-order valence-electron chi connectivity index (χ2n) is 3.74. The van der Waals surface area contributed by atoms with E-state index in [1.807, 2.05) is 0 Å². The molecular weight excluding hydrogens is 284 g/mol. The summed E-state index contributed by atoms with van der Waals surface area (Å²) in [6.07, 6.45) is 4.74. The van der Waals surface area contributed by atoms with Crippen LogP contribution in [-0.2, 0) is 9.59 Å². The lowest BCUT2D eigenvalue weighted by atomic mass is 10.2. The molecule has 5 nitrogen and oxygen atoms in total. The topological polar surface area (TPSA) is 73.3 Å². The van der Waals surface area contributed by atoms with Crippen LogP contribution in [0.25, 0.3) is 6.08 Å². The zero-order valence-corrected chi connectivity index (χ0v) is 11.4. The lowest BCUT2D eigenvalue weighted by Gasteiger charge is -2.14. The average Bonchev–Trinajstić information content (AvgIpc) is 2.63. The van der Waals surface area contributed by atoms with E-state index in [1.165, 1.54) is 4.90 Å². The minimum absolute atomic E-state index is 0.0423. The molecule has 0 atom stereocenters. The molecule has 0 bridgehead atoms. The summed E-state index contributed by atoms with van der Waals surface area (Å²) in [5.74, 6) is -1.47. The van der Waals surface area contributed by atoms with Crippen molar-refractivity contribution in [3.05, 3.63) is 35.0 Å². The van der Waals surface area contributed by atoms with Crippen molar-refractivity contribution in [3.8, 4) is 0 Å². The standard InChI is InChI=1S/C12H10N2O3S2/c15-10(16)3-6-14-11(17)9(19-12(14)18)7-8-1-4-13-5-2-8/h1-2,4-5,7H,3,6H2,(H,15,16)/p-1/b9-7+. The number of rotatable bonds is 4. The van der Waals surface area contributed by atoms with E-state index in [-0.39, 0.29) is 18.9 Å². The Morgan fingerprint density at radius 2 is 2.16 bits per heavy atom. The van der Waals surface area contributed by atoms with E-state index < -0.39 is 5.97 Å². The Morgan fingerprint density at radius 3 is 2.79 bits per heavy atom. The second kappa shape index (κ2) is 5.94. The van der Waals surface area contributed by atoms with E-state index in [2.05, 4.69) is 4.98 Å². The van der Waals surface area contributed by atoms with Crippen molar-refractivity contribution in [2.45, 2.75) is 6.42 Å². The van der Waals surface area contributed by atoms with Gasteiger partial charge in [0.1, 0.15) is 4.32 Å². The number of hydrogen-bond acceptors (Lipinski definition) is 6. The predicted octanol–water partition coefficient (Wildman–Crippen LogP) is 0.423. The first-order valence-electron chi connectivity index (χ1n) is 5.43. The number of carboxylic acids is 1. The zero-order valence-electron chi connectivity index (χ0n) is 9.74. The summed E-state index contributed by atoms with van der Waals surface area (Å²) in [7, 11) is 0. The molecule has 7 heteroatoms. The number of amides is 1.